The SMILES string of the molecule is CCCCCCCCCCCCCCCCCCc1nc(=S)[nH]c(=S)[nH]1. The van der Waals surface area contributed by atoms with Crippen LogP contribution in [0.1, 0.15) is 115 Å². The number of hydrogen-bond donors (Lipinski definition) is 2. The van der Waals surface area contributed by atoms with E-state index in [2.05, 4.69) is 21.9 Å². The Morgan fingerprint density at radius 2 is 1.04 bits per heavy atom. The van der Waals surface area contributed by atoms with Crippen LogP contribution >= 0.6 is 24.4 Å². The molecule has 0 bridgehead atoms. The number of aromatic nitrogens is 3. The van der Waals surface area contributed by atoms with Crippen molar-refractivity contribution in [3.05, 3.63) is 15.4 Å². The van der Waals surface area contributed by atoms with Crippen LogP contribution in [0.25, 0.3) is 0 Å². The maximum Gasteiger partial charge on any atom is 0.200 e. The molecule has 0 spiro atoms. The number of nitrogens with zero attached hydrogens (tertiary/aromatic N) is 1. The summed E-state index contributed by atoms with van der Waals surface area (Å²) in [6, 6.07) is 0. The molecule has 0 saturated heterocycles. The van der Waals surface area contributed by atoms with E-state index in [9.17, 15) is 0 Å². The minimum absolute atomic E-state index is 0.486. The van der Waals surface area contributed by atoms with Crippen molar-refractivity contribution in [2.45, 2.75) is 116 Å². The van der Waals surface area contributed by atoms with Crippen LogP contribution in [0.5, 0.6) is 0 Å². The molecule has 1 rings (SSSR count). The molecular weight excluding hydrogens is 358 g/mol. The first-order valence-electron chi connectivity index (χ1n) is 10.9. The third kappa shape index (κ3) is 13.6. The van der Waals surface area contributed by atoms with Crippen molar-refractivity contribution in [2.24, 2.45) is 0 Å². The third-order valence-electron chi connectivity index (χ3n) is 4.98. The van der Waals surface area contributed by atoms with Gasteiger partial charge in [0.2, 0.25) is 4.77 Å². The molecule has 26 heavy (non-hydrogen) atoms. The summed E-state index contributed by atoms with van der Waals surface area (Å²) in [6.07, 6.45) is 23.2. The molecule has 0 aliphatic carbocycles. The molecule has 0 aliphatic heterocycles. The zero-order valence-electron chi connectivity index (χ0n) is 16.8. The number of hydrogen-bond acceptors (Lipinski definition) is 3. The number of rotatable bonds is 17. The average molecular weight is 398 g/mol. The highest BCUT2D eigenvalue weighted by Gasteiger charge is 1.97. The first-order valence-corrected chi connectivity index (χ1v) is 11.7. The van der Waals surface area contributed by atoms with Crippen molar-refractivity contribution in [2.75, 3.05) is 0 Å². The second kappa shape index (κ2) is 16.6. The van der Waals surface area contributed by atoms with Crippen LogP contribution in [-0.4, -0.2) is 15.0 Å². The second-order valence-electron chi connectivity index (χ2n) is 7.50. The summed E-state index contributed by atoms with van der Waals surface area (Å²) < 4.78 is 1.07. The molecule has 3 nitrogen and oxygen atoms in total. The highest BCUT2D eigenvalue weighted by molar-refractivity contribution is 7.71. The van der Waals surface area contributed by atoms with E-state index in [1.807, 2.05) is 0 Å². The molecular formula is C21H39N3S2. The molecule has 0 unspecified atom stereocenters. The van der Waals surface area contributed by atoms with E-state index in [-0.39, 0.29) is 0 Å². The minimum atomic E-state index is 0.486. The number of nitrogens with one attached hydrogen (secondary N) is 2. The topological polar surface area (TPSA) is 44.5 Å². The summed E-state index contributed by atoms with van der Waals surface area (Å²) >= 11 is 10.1. The lowest BCUT2D eigenvalue weighted by Gasteiger charge is -2.04. The van der Waals surface area contributed by atoms with Gasteiger partial charge in [-0.3, -0.25) is 0 Å². The normalized spacial score (nSPS) is 11.1. The van der Waals surface area contributed by atoms with Crippen molar-refractivity contribution >= 4 is 24.4 Å². The van der Waals surface area contributed by atoms with E-state index in [4.69, 9.17) is 24.4 Å². The van der Waals surface area contributed by atoms with Crippen LogP contribution in [0.4, 0.5) is 0 Å². The molecule has 1 aromatic heterocycles. The molecule has 5 heteroatoms. The lowest BCUT2D eigenvalue weighted by atomic mass is 10.0. The minimum Gasteiger partial charge on any atom is -0.321 e. The quantitative estimate of drug-likeness (QED) is 0.207. The summed E-state index contributed by atoms with van der Waals surface area (Å²) in [5.41, 5.74) is 0. The summed E-state index contributed by atoms with van der Waals surface area (Å²) in [4.78, 5) is 10.2. The summed E-state index contributed by atoms with van der Waals surface area (Å²) in [5, 5.41) is 0. The predicted octanol–water partition coefficient (Wildman–Crippen LogP) is 8.00. The van der Waals surface area contributed by atoms with Gasteiger partial charge in [0.1, 0.15) is 5.82 Å². The Bertz CT molecular complexity index is 522. The Hall–Kier alpha value is -0.550. The predicted molar refractivity (Wildman–Crippen MR) is 118 cm³/mol. The van der Waals surface area contributed by atoms with Gasteiger partial charge in [-0.25, -0.2) is 4.98 Å². The van der Waals surface area contributed by atoms with Crippen molar-refractivity contribution in [3.63, 3.8) is 0 Å². The van der Waals surface area contributed by atoms with Crippen LogP contribution < -0.4 is 0 Å². The zero-order chi connectivity index (χ0) is 18.9. The van der Waals surface area contributed by atoms with Gasteiger partial charge < -0.3 is 9.97 Å². The van der Waals surface area contributed by atoms with E-state index >= 15 is 0 Å². The van der Waals surface area contributed by atoms with Gasteiger partial charge in [-0.05, 0) is 30.9 Å². The van der Waals surface area contributed by atoms with Crippen molar-refractivity contribution < 1.29 is 0 Å². The van der Waals surface area contributed by atoms with Crippen LogP contribution in [0.3, 0.4) is 0 Å². The van der Waals surface area contributed by atoms with Crippen LogP contribution in [-0.2, 0) is 6.42 Å². The van der Waals surface area contributed by atoms with Gasteiger partial charge in [-0.15, -0.1) is 0 Å². The lowest BCUT2D eigenvalue weighted by molar-refractivity contribution is 0.528. The molecule has 0 aliphatic rings. The van der Waals surface area contributed by atoms with E-state index in [1.165, 1.54) is 96.3 Å². The lowest BCUT2D eigenvalue weighted by Crippen LogP contribution is -1.98. The standard InChI is InChI=1S/C21H39N3S2/c1-2-3-4-5-6-7-8-9-10-11-12-13-14-15-16-17-18-19-22-20(25)24-21(26)23-19/h2-18H2,1H3,(H2,22,23,24,25,26). The van der Waals surface area contributed by atoms with Crippen LogP contribution in [0, 0.1) is 9.54 Å². The van der Waals surface area contributed by atoms with Gasteiger partial charge in [0.25, 0.3) is 0 Å². The van der Waals surface area contributed by atoms with Gasteiger partial charge in [0.15, 0.2) is 4.77 Å². The molecule has 1 aromatic rings. The Labute approximate surface area is 170 Å². The molecule has 1 heterocycles. The fraction of sp³-hybridized carbons (Fsp3) is 0.857. The number of unbranched alkanes of at least 4 members (excludes halogenated alkanes) is 15. The smallest absolute Gasteiger partial charge is 0.200 e. The zero-order valence-corrected chi connectivity index (χ0v) is 18.4. The Morgan fingerprint density at radius 3 is 1.46 bits per heavy atom. The molecule has 150 valence electrons. The molecule has 0 radical (unpaired) electrons. The van der Waals surface area contributed by atoms with Crippen molar-refractivity contribution in [1.29, 1.82) is 0 Å². The molecule has 0 amide bonds. The third-order valence-corrected chi connectivity index (χ3v) is 5.38. The van der Waals surface area contributed by atoms with Gasteiger partial charge >= 0.3 is 0 Å². The maximum atomic E-state index is 5.08. The monoisotopic (exact) mass is 397 g/mol. The first-order chi connectivity index (χ1) is 12.7. The summed E-state index contributed by atoms with van der Waals surface area (Å²) in [6.45, 7) is 2.29. The highest BCUT2D eigenvalue weighted by Crippen LogP contribution is 2.14. The molecule has 0 fully saturated rings. The van der Waals surface area contributed by atoms with E-state index < -0.39 is 0 Å². The van der Waals surface area contributed by atoms with E-state index in [0.29, 0.717) is 9.54 Å². The summed E-state index contributed by atoms with van der Waals surface area (Å²) in [5.74, 6) is 0.920. The fourth-order valence-corrected chi connectivity index (χ4v) is 3.89. The van der Waals surface area contributed by atoms with Crippen molar-refractivity contribution in [3.8, 4) is 0 Å². The Kier molecular flexibility index (Phi) is 15.0. The molecule has 0 aromatic carbocycles. The van der Waals surface area contributed by atoms with E-state index in [0.717, 1.165) is 18.7 Å². The van der Waals surface area contributed by atoms with Crippen LogP contribution in [0.15, 0.2) is 0 Å². The fourth-order valence-electron chi connectivity index (χ4n) is 3.40. The summed E-state index contributed by atoms with van der Waals surface area (Å²) in [7, 11) is 0. The molecule has 2 N–H and O–H groups in total. The van der Waals surface area contributed by atoms with Gasteiger partial charge in [-0.1, -0.05) is 103 Å². The largest absolute Gasteiger partial charge is 0.321 e. The van der Waals surface area contributed by atoms with Gasteiger partial charge in [0, 0.05) is 6.42 Å². The van der Waals surface area contributed by atoms with Crippen LogP contribution in [0.2, 0.25) is 0 Å². The average Bonchev–Trinajstić information content (AvgIpc) is 2.60. The first kappa shape index (κ1) is 23.5. The number of aryl methyl sites for hydroxylation is 1. The number of aromatic amines is 2. The molecule has 0 atom stereocenters. The van der Waals surface area contributed by atoms with Gasteiger partial charge in [-0.2, -0.15) is 0 Å². The van der Waals surface area contributed by atoms with E-state index in [1.54, 1.807) is 0 Å². The highest BCUT2D eigenvalue weighted by atomic mass is 32.1. The van der Waals surface area contributed by atoms with Crippen molar-refractivity contribution in [1.82, 2.24) is 15.0 Å². The second-order valence-corrected chi connectivity index (χ2v) is 8.29. The van der Waals surface area contributed by atoms with Gasteiger partial charge in [0.05, 0.1) is 0 Å². The number of H-pyrrole nitrogens is 2. The molecule has 0 saturated carbocycles. The maximum absolute atomic E-state index is 5.08. The Morgan fingerprint density at radius 1 is 0.615 bits per heavy atom. The Balaban J connectivity index is 1.81.